The van der Waals surface area contributed by atoms with E-state index in [0.29, 0.717) is 0 Å². The highest BCUT2D eigenvalue weighted by molar-refractivity contribution is 5.50. The van der Waals surface area contributed by atoms with Gasteiger partial charge in [0.05, 0.1) is 0 Å². The van der Waals surface area contributed by atoms with Crippen LogP contribution in [0.25, 0.3) is 5.65 Å². The molecule has 2 aromatic heterocycles. The Labute approximate surface area is 99.7 Å². The summed E-state index contributed by atoms with van der Waals surface area (Å²) in [7, 11) is 0. The Balaban J connectivity index is 1.84. The number of hydrogen-bond donors (Lipinski definition) is 1. The first kappa shape index (κ1) is 9.90. The maximum atomic E-state index is 4.26. The van der Waals surface area contributed by atoms with E-state index >= 15 is 0 Å². The number of nitrogens with zero attached hydrogens (tertiary/aromatic N) is 2. The molecule has 84 valence electrons. The molecule has 0 aliphatic heterocycles. The molecule has 0 aliphatic carbocycles. The van der Waals surface area contributed by atoms with Crippen molar-refractivity contribution < 1.29 is 0 Å². The van der Waals surface area contributed by atoms with Crippen molar-refractivity contribution in [3.05, 3.63) is 66.5 Å². The van der Waals surface area contributed by atoms with Crippen molar-refractivity contribution in [3.8, 4) is 0 Å². The number of hydrogen-bond acceptors (Lipinski definition) is 2. The van der Waals surface area contributed by atoms with Crippen molar-refractivity contribution in [2.45, 2.75) is 6.54 Å². The van der Waals surface area contributed by atoms with Gasteiger partial charge >= 0.3 is 0 Å². The number of anilines is 1. The fourth-order valence-corrected chi connectivity index (χ4v) is 1.88. The first-order valence-corrected chi connectivity index (χ1v) is 5.63. The molecule has 3 nitrogen and oxygen atoms in total. The third-order valence-corrected chi connectivity index (χ3v) is 2.74. The molecule has 0 unspecified atom stereocenters. The number of benzene rings is 1. The van der Waals surface area contributed by atoms with Gasteiger partial charge in [-0.25, -0.2) is 4.98 Å². The highest BCUT2D eigenvalue weighted by Crippen LogP contribution is 2.12. The second kappa shape index (κ2) is 4.29. The molecule has 3 aromatic rings. The van der Waals surface area contributed by atoms with Crippen LogP contribution in [0.5, 0.6) is 0 Å². The second-order valence-corrected chi connectivity index (χ2v) is 3.91. The Morgan fingerprint density at radius 3 is 2.76 bits per heavy atom. The summed E-state index contributed by atoms with van der Waals surface area (Å²) in [5.41, 5.74) is 2.23. The summed E-state index contributed by atoms with van der Waals surface area (Å²) >= 11 is 0. The second-order valence-electron chi connectivity index (χ2n) is 3.91. The number of nitrogens with one attached hydrogen (secondary N) is 1. The highest BCUT2D eigenvalue weighted by Gasteiger charge is 1.99. The van der Waals surface area contributed by atoms with Crippen molar-refractivity contribution >= 4 is 11.5 Å². The van der Waals surface area contributed by atoms with E-state index in [1.54, 1.807) is 0 Å². The van der Waals surface area contributed by atoms with Crippen LogP contribution in [0.15, 0.2) is 60.9 Å². The van der Waals surface area contributed by atoms with E-state index in [2.05, 4.69) is 40.6 Å². The van der Waals surface area contributed by atoms with Gasteiger partial charge in [0, 0.05) is 18.9 Å². The van der Waals surface area contributed by atoms with Crippen LogP contribution < -0.4 is 5.32 Å². The molecule has 0 spiro atoms. The quantitative estimate of drug-likeness (QED) is 0.739. The third kappa shape index (κ3) is 1.99. The van der Waals surface area contributed by atoms with Gasteiger partial charge in [-0.1, -0.05) is 36.4 Å². The zero-order chi connectivity index (χ0) is 11.5. The summed E-state index contributed by atoms with van der Waals surface area (Å²) in [5.74, 6) is 1.06. The molecule has 3 heteroatoms. The lowest BCUT2D eigenvalue weighted by Crippen LogP contribution is -2.03. The number of aromatic nitrogens is 2. The van der Waals surface area contributed by atoms with E-state index in [0.717, 1.165) is 18.0 Å². The van der Waals surface area contributed by atoms with Crippen molar-refractivity contribution in [1.82, 2.24) is 9.38 Å². The third-order valence-electron chi connectivity index (χ3n) is 2.74. The smallest absolute Gasteiger partial charge is 0.138 e. The number of fused-ring (bicyclic) bond motifs is 1. The number of rotatable bonds is 3. The Kier molecular flexibility index (Phi) is 2.50. The van der Waals surface area contributed by atoms with Crippen LogP contribution in [-0.2, 0) is 6.54 Å². The van der Waals surface area contributed by atoms with E-state index in [9.17, 15) is 0 Å². The summed E-state index contributed by atoms with van der Waals surface area (Å²) in [4.78, 5) is 4.26. The number of pyridine rings is 1. The average molecular weight is 223 g/mol. The molecule has 0 saturated heterocycles. The van der Waals surface area contributed by atoms with Gasteiger partial charge < -0.3 is 5.32 Å². The Hall–Kier alpha value is -2.29. The average Bonchev–Trinajstić information content (AvgIpc) is 2.86. The molecule has 0 amide bonds. The topological polar surface area (TPSA) is 29.3 Å². The zero-order valence-electron chi connectivity index (χ0n) is 9.38. The SMILES string of the molecule is c1ccc(CNc2cccc3nccn23)cc1. The first-order chi connectivity index (χ1) is 8.43. The van der Waals surface area contributed by atoms with Crippen LogP contribution in [-0.4, -0.2) is 9.38 Å². The van der Waals surface area contributed by atoms with Crippen molar-refractivity contribution in [3.63, 3.8) is 0 Å². The molecule has 0 saturated carbocycles. The largest absolute Gasteiger partial charge is 0.367 e. The summed E-state index contributed by atoms with van der Waals surface area (Å²) in [5, 5.41) is 3.41. The maximum Gasteiger partial charge on any atom is 0.138 e. The van der Waals surface area contributed by atoms with Crippen LogP contribution in [0.4, 0.5) is 5.82 Å². The molecule has 0 fully saturated rings. The molecule has 0 atom stereocenters. The van der Waals surface area contributed by atoms with Gasteiger partial charge in [-0.05, 0) is 17.7 Å². The van der Waals surface area contributed by atoms with Crippen LogP contribution in [0.2, 0.25) is 0 Å². The molecule has 17 heavy (non-hydrogen) atoms. The van der Waals surface area contributed by atoms with Gasteiger partial charge in [0.15, 0.2) is 0 Å². The van der Waals surface area contributed by atoms with Crippen molar-refractivity contribution in [2.75, 3.05) is 5.32 Å². The molecule has 3 rings (SSSR count). The van der Waals surface area contributed by atoms with Gasteiger partial charge in [-0.15, -0.1) is 0 Å². The van der Waals surface area contributed by atoms with Crippen molar-refractivity contribution in [1.29, 1.82) is 0 Å². The summed E-state index contributed by atoms with van der Waals surface area (Å²) in [6.45, 7) is 0.818. The Morgan fingerprint density at radius 2 is 1.88 bits per heavy atom. The molecular weight excluding hydrogens is 210 g/mol. The van der Waals surface area contributed by atoms with Crippen molar-refractivity contribution in [2.24, 2.45) is 0 Å². The maximum absolute atomic E-state index is 4.26. The molecule has 1 aromatic carbocycles. The predicted octanol–water partition coefficient (Wildman–Crippen LogP) is 2.95. The van der Waals surface area contributed by atoms with E-state index in [-0.39, 0.29) is 0 Å². The van der Waals surface area contributed by atoms with E-state index in [4.69, 9.17) is 0 Å². The van der Waals surface area contributed by atoms with Crippen LogP contribution in [0, 0.1) is 0 Å². The normalized spacial score (nSPS) is 10.6. The number of imidazole rings is 1. The molecule has 1 N–H and O–H groups in total. The molecular formula is C14H13N3. The molecule has 0 aliphatic rings. The summed E-state index contributed by atoms with van der Waals surface area (Å²) in [6.07, 6.45) is 3.77. The van der Waals surface area contributed by atoms with Crippen LogP contribution in [0.3, 0.4) is 0 Å². The summed E-state index contributed by atoms with van der Waals surface area (Å²) in [6, 6.07) is 16.4. The molecule has 0 bridgehead atoms. The fourth-order valence-electron chi connectivity index (χ4n) is 1.88. The Morgan fingerprint density at radius 1 is 1.00 bits per heavy atom. The minimum Gasteiger partial charge on any atom is -0.367 e. The minimum atomic E-state index is 0.818. The van der Waals surface area contributed by atoms with E-state index < -0.39 is 0 Å². The van der Waals surface area contributed by atoms with Gasteiger partial charge in [0.25, 0.3) is 0 Å². The minimum absolute atomic E-state index is 0.818. The van der Waals surface area contributed by atoms with Gasteiger partial charge in [0.1, 0.15) is 11.5 Å². The van der Waals surface area contributed by atoms with E-state index in [1.807, 2.05) is 35.0 Å². The lowest BCUT2D eigenvalue weighted by atomic mass is 10.2. The highest BCUT2D eigenvalue weighted by atomic mass is 15.1. The standard InChI is InChI=1S/C14H13N3/c1-2-5-12(6-3-1)11-16-14-8-4-7-13-15-9-10-17(13)14/h1-10,16H,11H2. The van der Waals surface area contributed by atoms with Crippen LogP contribution >= 0.6 is 0 Å². The summed E-state index contributed by atoms with van der Waals surface area (Å²) < 4.78 is 2.04. The lowest BCUT2D eigenvalue weighted by Gasteiger charge is -2.08. The van der Waals surface area contributed by atoms with E-state index in [1.165, 1.54) is 5.56 Å². The van der Waals surface area contributed by atoms with Crippen LogP contribution in [0.1, 0.15) is 5.56 Å². The predicted molar refractivity (Wildman–Crippen MR) is 69.0 cm³/mol. The van der Waals surface area contributed by atoms with Gasteiger partial charge in [-0.3, -0.25) is 4.40 Å². The molecule has 0 radical (unpaired) electrons. The van der Waals surface area contributed by atoms with Gasteiger partial charge in [0.2, 0.25) is 0 Å². The lowest BCUT2D eigenvalue weighted by molar-refractivity contribution is 1.07. The molecule has 2 heterocycles. The first-order valence-electron chi connectivity index (χ1n) is 5.63. The fraction of sp³-hybridized carbons (Fsp3) is 0.0714. The zero-order valence-corrected chi connectivity index (χ0v) is 9.38. The van der Waals surface area contributed by atoms with Gasteiger partial charge in [-0.2, -0.15) is 0 Å². The monoisotopic (exact) mass is 223 g/mol. The Bertz CT molecular complexity index is 613.